The van der Waals surface area contributed by atoms with Crippen LogP contribution >= 0.6 is 0 Å². The zero-order valence-electron chi connectivity index (χ0n) is 12.5. The number of imide groups is 1. The summed E-state index contributed by atoms with van der Waals surface area (Å²) in [5, 5.41) is 0. The SMILES string of the molecule is CC1=CN=C2C(C(=O)N(C)C(=O)N2C)C1=[N+]1CCOCC1. The molecule has 3 rings (SSSR count). The van der Waals surface area contributed by atoms with Crippen molar-refractivity contribution in [3.8, 4) is 0 Å². The fraction of sp³-hybridized carbons (Fsp3) is 0.571. The van der Waals surface area contributed by atoms with Crippen LogP contribution in [0.3, 0.4) is 0 Å². The molecule has 0 N–H and O–H groups in total. The van der Waals surface area contributed by atoms with Crippen LogP contribution in [0.25, 0.3) is 0 Å². The number of morpholine rings is 1. The van der Waals surface area contributed by atoms with E-state index in [4.69, 9.17) is 4.74 Å². The highest BCUT2D eigenvalue weighted by molar-refractivity contribution is 6.31. The summed E-state index contributed by atoms with van der Waals surface area (Å²) in [5.41, 5.74) is 1.91. The summed E-state index contributed by atoms with van der Waals surface area (Å²) in [6.07, 6.45) is 1.74. The molecule has 21 heavy (non-hydrogen) atoms. The van der Waals surface area contributed by atoms with Gasteiger partial charge in [0.05, 0.1) is 0 Å². The Morgan fingerprint density at radius 1 is 1.24 bits per heavy atom. The Morgan fingerprint density at radius 2 is 1.90 bits per heavy atom. The second-order valence-corrected chi connectivity index (χ2v) is 5.46. The quantitative estimate of drug-likeness (QED) is 0.587. The second-order valence-electron chi connectivity index (χ2n) is 5.46. The van der Waals surface area contributed by atoms with Crippen LogP contribution in [-0.2, 0) is 9.53 Å². The lowest BCUT2D eigenvalue weighted by Crippen LogP contribution is -2.61. The number of hydrogen-bond acceptors (Lipinski definition) is 4. The summed E-state index contributed by atoms with van der Waals surface area (Å²) < 4.78 is 7.55. The lowest BCUT2D eigenvalue weighted by atomic mass is 9.90. The van der Waals surface area contributed by atoms with Gasteiger partial charge in [-0.25, -0.2) is 14.4 Å². The molecule has 3 amide bonds. The lowest BCUT2D eigenvalue weighted by Gasteiger charge is -2.36. The van der Waals surface area contributed by atoms with Gasteiger partial charge in [-0.05, 0) is 6.92 Å². The largest absolute Gasteiger partial charge is 0.368 e. The van der Waals surface area contributed by atoms with Crippen molar-refractivity contribution in [2.75, 3.05) is 40.4 Å². The molecule has 3 aliphatic rings. The molecule has 3 aliphatic heterocycles. The maximum absolute atomic E-state index is 12.6. The van der Waals surface area contributed by atoms with Gasteiger partial charge in [0.1, 0.15) is 19.0 Å². The molecular weight excluding hydrogens is 272 g/mol. The van der Waals surface area contributed by atoms with E-state index < -0.39 is 5.92 Å². The first-order chi connectivity index (χ1) is 10.0. The molecule has 1 atom stereocenters. The second kappa shape index (κ2) is 5.07. The van der Waals surface area contributed by atoms with Gasteiger partial charge in [-0.1, -0.05) is 0 Å². The van der Waals surface area contributed by atoms with Crippen LogP contribution < -0.4 is 0 Å². The van der Waals surface area contributed by atoms with Gasteiger partial charge in [0, 0.05) is 25.9 Å². The maximum Gasteiger partial charge on any atom is 0.331 e. The average Bonchev–Trinajstić information content (AvgIpc) is 2.51. The van der Waals surface area contributed by atoms with Crippen molar-refractivity contribution in [2.24, 2.45) is 10.9 Å². The first-order valence-electron chi connectivity index (χ1n) is 7.02. The van der Waals surface area contributed by atoms with Gasteiger partial charge in [-0.15, -0.1) is 0 Å². The fourth-order valence-electron chi connectivity index (χ4n) is 3.01. The van der Waals surface area contributed by atoms with Crippen LogP contribution in [0.1, 0.15) is 6.92 Å². The minimum atomic E-state index is -0.499. The Kier molecular flexibility index (Phi) is 3.36. The number of allylic oxidation sites excluding steroid dienone is 1. The molecule has 1 unspecified atom stereocenters. The predicted octanol–water partition coefficient (Wildman–Crippen LogP) is -0.0740. The summed E-state index contributed by atoms with van der Waals surface area (Å²) in [6, 6.07) is -0.343. The molecule has 2 fully saturated rings. The van der Waals surface area contributed by atoms with Gasteiger partial charge < -0.3 is 4.74 Å². The number of amides is 3. The minimum Gasteiger partial charge on any atom is -0.368 e. The van der Waals surface area contributed by atoms with Gasteiger partial charge in [0.2, 0.25) is 5.71 Å². The van der Waals surface area contributed by atoms with Crippen molar-refractivity contribution < 1.29 is 18.9 Å². The third-order valence-corrected chi connectivity index (χ3v) is 4.17. The minimum absolute atomic E-state index is 0.217. The molecule has 0 saturated carbocycles. The molecule has 0 bridgehead atoms. The Balaban J connectivity index is 2.11. The zero-order valence-corrected chi connectivity index (χ0v) is 12.5. The normalized spacial score (nSPS) is 26.7. The van der Waals surface area contributed by atoms with E-state index in [9.17, 15) is 9.59 Å². The molecule has 3 heterocycles. The highest BCUT2D eigenvalue weighted by Gasteiger charge is 2.48. The van der Waals surface area contributed by atoms with Crippen LogP contribution in [-0.4, -0.2) is 78.3 Å². The van der Waals surface area contributed by atoms with Crippen LogP contribution in [0.5, 0.6) is 0 Å². The molecule has 0 radical (unpaired) electrons. The van der Waals surface area contributed by atoms with E-state index in [1.54, 1.807) is 13.2 Å². The topological polar surface area (TPSA) is 65.2 Å². The Bertz CT molecular complexity index is 597. The summed E-state index contributed by atoms with van der Waals surface area (Å²) in [4.78, 5) is 31.6. The molecule has 0 aromatic carbocycles. The highest BCUT2D eigenvalue weighted by atomic mass is 16.5. The van der Waals surface area contributed by atoms with Gasteiger partial charge in [-0.2, -0.15) is 0 Å². The number of carbonyl (C=O) groups excluding carboxylic acids is 2. The number of nitrogens with zero attached hydrogens (tertiary/aromatic N) is 4. The van der Waals surface area contributed by atoms with Crippen molar-refractivity contribution in [1.29, 1.82) is 0 Å². The molecule has 7 heteroatoms. The van der Waals surface area contributed by atoms with E-state index in [0.717, 1.165) is 24.4 Å². The zero-order chi connectivity index (χ0) is 15.1. The predicted molar refractivity (Wildman–Crippen MR) is 76.4 cm³/mol. The third-order valence-electron chi connectivity index (χ3n) is 4.17. The van der Waals surface area contributed by atoms with Crippen LogP contribution in [0.15, 0.2) is 16.8 Å². The van der Waals surface area contributed by atoms with Crippen LogP contribution in [0.2, 0.25) is 0 Å². The van der Waals surface area contributed by atoms with Gasteiger partial charge in [-0.3, -0.25) is 14.6 Å². The van der Waals surface area contributed by atoms with E-state index >= 15 is 0 Å². The van der Waals surface area contributed by atoms with Crippen molar-refractivity contribution >= 4 is 23.5 Å². The summed E-state index contributed by atoms with van der Waals surface area (Å²) >= 11 is 0. The maximum atomic E-state index is 12.6. The molecule has 112 valence electrons. The number of aliphatic imine (C=N–C) groups is 1. The van der Waals surface area contributed by atoms with Gasteiger partial charge in [0.15, 0.2) is 19.0 Å². The highest BCUT2D eigenvalue weighted by Crippen LogP contribution is 2.25. The Hall–Kier alpha value is -2.02. The van der Waals surface area contributed by atoms with Crippen molar-refractivity contribution in [3.05, 3.63) is 11.8 Å². The van der Waals surface area contributed by atoms with Gasteiger partial charge >= 0.3 is 6.03 Å². The standard InChI is InChI=1S/C14H19N4O3/c1-9-8-15-12-10(11(9)18-4-6-21-7-5-18)13(19)17(3)14(20)16(12)2/h8,10H,4-7H2,1-3H3/q+1. The third kappa shape index (κ3) is 2.08. The number of ether oxygens (including phenoxy) is 1. The molecule has 7 nitrogen and oxygen atoms in total. The Labute approximate surface area is 123 Å². The Morgan fingerprint density at radius 3 is 2.57 bits per heavy atom. The van der Waals surface area contributed by atoms with E-state index in [-0.39, 0.29) is 11.9 Å². The lowest BCUT2D eigenvalue weighted by molar-refractivity contribution is -0.550. The molecular formula is C14H19N4O3+. The summed E-state index contributed by atoms with van der Waals surface area (Å²) in [7, 11) is 3.17. The number of hydrogen-bond donors (Lipinski definition) is 0. The van der Waals surface area contributed by atoms with Crippen LogP contribution in [0.4, 0.5) is 4.79 Å². The molecule has 0 aliphatic carbocycles. The average molecular weight is 291 g/mol. The number of amidine groups is 1. The summed E-state index contributed by atoms with van der Waals surface area (Å²) in [5.74, 6) is -0.207. The van der Waals surface area contributed by atoms with E-state index in [1.807, 2.05) is 6.92 Å². The smallest absolute Gasteiger partial charge is 0.331 e. The first kappa shape index (κ1) is 13.9. The molecule has 0 aromatic heterocycles. The van der Waals surface area contributed by atoms with Crippen molar-refractivity contribution in [1.82, 2.24) is 9.80 Å². The molecule has 2 saturated heterocycles. The first-order valence-corrected chi connectivity index (χ1v) is 7.02. The molecule has 0 aromatic rings. The van der Waals surface area contributed by atoms with Gasteiger partial charge in [0.25, 0.3) is 5.91 Å². The molecule has 0 spiro atoms. The number of rotatable bonds is 0. The van der Waals surface area contributed by atoms with Crippen molar-refractivity contribution in [2.45, 2.75) is 6.92 Å². The number of urea groups is 1. The number of fused-ring (bicyclic) bond motifs is 1. The van der Waals surface area contributed by atoms with Crippen LogP contribution in [0, 0.1) is 5.92 Å². The number of carbonyl (C=O) groups is 2. The fourth-order valence-corrected chi connectivity index (χ4v) is 3.01. The van der Waals surface area contributed by atoms with E-state index in [0.29, 0.717) is 19.0 Å². The summed E-state index contributed by atoms with van der Waals surface area (Å²) in [6.45, 7) is 4.75. The van der Waals surface area contributed by atoms with Crippen molar-refractivity contribution in [3.63, 3.8) is 0 Å². The van der Waals surface area contributed by atoms with E-state index in [2.05, 4.69) is 9.57 Å². The monoisotopic (exact) mass is 291 g/mol. The van der Waals surface area contributed by atoms with E-state index in [1.165, 1.54) is 16.8 Å².